The molecule has 0 aliphatic carbocycles. The summed E-state index contributed by atoms with van der Waals surface area (Å²) in [7, 11) is 1.37. The summed E-state index contributed by atoms with van der Waals surface area (Å²) >= 11 is 0. The van der Waals surface area contributed by atoms with Crippen molar-refractivity contribution in [2.45, 2.75) is 13.8 Å². The molecule has 0 unspecified atom stereocenters. The zero-order valence-corrected chi connectivity index (χ0v) is 8.67. The van der Waals surface area contributed by atoms with E-state index >= 15 is 0 Å². The van der Waals surface area contributed by atoms with Crippen molar-refractivity contribution >= 4 is 11.9 Å². The Bertz CT molecular complexity index is 425. The molecule has 5 nitrogen and oxygen atoms in total. The van der Waals surface area contributed by atoms with Gasteiger partial charge in [0.2, 0.25) is 0 Å². The fraction of sp³-hybridized carbons (Fsp3) is 0.300. The predicted octanol–water partition coefficient (Wildman–Crippen LogP) is 0.584. The zero-order valence-electron chi connectivity index (χ0n) is 8.67. The lowest BCUT2D eigenvalue weighted by Gasteiger charge is -2.21. The van der Waals surface area contributed by atoms with Crippen LogP contribution >= 0.6 is 0 Å². The molecular weight excluding hydrogens is 198 g/mol. The maximum atomic E-state index is 10.9. The molecule has 0 saturated carbocycles. The first-order chi connectivity index (χ1) is 7.02. The third-order valence-corrected chi connectivity index (χ3v) is 2.09. The Kier molecular flexibility index (Phi) is 2.97. The summed E-state index contributed by atoms with van der Waals surface area (Å²) in [5.74, 6) is 0.638. The minimum absolute atomic E-state index is 0.0567. The molecule has 0 atom stereocenters. The number of carboxylic acids is 1. The Hall–Kier alpha value is -2.00. The number of aliphatic carboxylic acids is 1. The van der Waals surface area contributed by atoms with Crippen LogP contribution in [0.1, 0.15) is 13.8 Å². The van der Waals surface area contributed by atoms with Gasteiger partial charge in [0.25, 0.3) is 0 Å². The number of hydrogen-bond donors (Lipinski definition) is 2. The third-order valence-electron chi connectivity index (χ3n) is 2.09. The summed E-state index contributed by atoms with van der Waals surface area (Å²) in [6.07, 6.45) is 0. The maximum absolute atomic E-state index is 10.9. The van der Waals surface area contributed by atoms with Crippen molar-refractivity contribution < 1.29 is 19.4 Å². The number of nitrogens with one attached hydrogen (secondary N) is 1. The van der Waals surface area contributed by atoms with E-state index in [1.807, 2.05) is 0 Å². The Balaban J connectivity index is 3.38. The Morgan fingerprint density at radius 3 is 2.40 bits per heavy atom. The van der Waals surface area contributed by atoms with Crippen molar-refractivity contribution in [3.8, 4) is 0 Å². The van der Waals surface area contributed by atoms with Crippen LogP contribution in [0, 0.1) is 0 Å². The number of carbonyl (C=O) groups is 1. The van der Waals surface area contributed by atoms with E-state index in [4.69, 9.17) is 9.84 Å². The van der Waals surface area contributed by atoms with Gasteiger partial charge in [0.1, 0.15) is 17.1 Å². The third kappa shape index (κ3) is 1.78. The van der Waals surface area contributed by atoms with Crippen LogP contribution in [0.5, 0.6) is 0 Å². The first-order valence-corrected chi connectivity index (χ1v) is 4.24. The highest BCUT2D eigenvalue weighted by atomic mass is 16.5. The van der Waals surface area contributed by atoms with E-state index in [0.29, 0.717) is 11.4 Å². The van der Waals surface area contributed by atoms with Crippen LogP contribution in [0.4, 0.5) is 0 Å². The maximum Gasteiger partial charge on any atom is 0.338 e. The van der Waals surface area contributed by atoms with Gasteiger partial charge in [0.15, 0.2) is 5.76 Å². The quantitative estimate of drug-likeness (QED) is 0.651. The fourth-order valence-corrected chi connectivity index (χ4v) is 1.51. The molecule has 80 valence electrons. The molecule has 0 saturated heterocycles. The van der Waals surface area contributed by atoms with Crippen LogP contribution in [0.3, 0.4) is 0 Å². The molecule has 0 aromatic carbocycles. The smallest absolute Gasteiger partial charge is 0.338 e. The van der Waals surface area contributed by atoms with Gasteiger partial charge < -0.3 is 15.2 Å². The van der Waals surface area contributed by atoms with E-state index in [1.54, 1.807) is 19.8 Å². The number of carboxylic acid groups (broad SMARTS) is 1. The average Bonchev–Trinajstić information content (AvgIpc) is 2.15. The lowest BCUT2D eigenvalue weighted by Crippen LogP contribution is -2.24. The Morgan fingerprint density at radius 2 is 2.00 bits per heavy atom. The normalized spacial score (nSPS) is 16.1. The molecule has 0 bridgehead atoms. The van der Waals surface area contributed by atoms with Crippen molar-refractivity contribution in [3.63, 3.8) is 0 Å². The molecular formula is C10H11NO4. The van der Waals surface area contributed by atoms with Gasteiger partial charge in [-0.3, -0.25) is 0 Å². The second-order valence-electron chi connectivity index (χ2n) is 3.07. The highest BCUT2D eigenvalue weighted by Crippen LogP contribution is 2.26. The lowest BCUT2D eigenvalue weighted by molar-refractivity contribution is -0.132. The van der Waals surface area contributed by atoms with E-state index in [9.17, 15) is 9.59 Å². The summed E-state index contributed by atoms with van der Waals surface area (Å²) in [4.78, 5) is 21.7. The van der Waals surface area contributed by atoms with Gasteiger partial charge in [0.05, 0.1) is 12.8 Å². The SMILES string of the molecule is COC1=C(C)NC(C)=C(C(=O)O)C1=C=O. The molecule has 0 fully saturated rings. The highest BCUT2D eigenvalue weighted by Gasteiger charge is 2.28. The number of dihydropyridines is 1. The topological polar surface area (TPSA) is 75.6 Å². The van der Waals surface area contributed by atoms with Gasteiger partial charge >= 0.3 is 5.97 Å². The Morgan fingerprint density at radius 1 is 1.40 bits per heavy atom. The van der Waals surface area contributed by atoms with Gasteiger partial charge in [-0.2, -0.15) is 0 Å². The van der Waals surface area contributed by atoms with Gasteiger partial charge in [-0.25, -0.2) is 9.59 Å². The number of methoxy groups -OCH3 is 1. The monoisotopic (exact) mass is 209 g/mol. The van der Waals surface area contributed by atoms with Crippen LogP contribution in [0.25, 0.3) is 0 Å². The molecule has 0 amide bonds. The Labute approximate surface area is 86.7 Å². The van der Waals surface area contributed by atoms with Crippen molar-refractivity contribution in [1.82, 2.24) is 5.32 Å². The highest BCUT2D eigenvalue weighted by molar-refractivity contribution is 5.98. The fourth-order valence-electron chi connectivity index (χ4n) is 1.51. The molecule has 5 heteroatoms. The zero-order chi connectivity index (χ0) is 11.6. The molecule has 15 heavy (non-hydrogen) atoms. The first-order valence-electron chi connectivity index (χ1n) is 4.24. The van der Waals surface area contributed by atoms with E-state index in [2.05, 4.69) is 5.32 Å². The summed E-state index contributed by atoms with van der Waals surface area (Å²) in [5.41, 5.74) is 0.837. The predicted molar refractivity (Wildman–Crippen MR) is 52.4 cm³/mol. The van der Waals surface area contributed by atoms with Crippen LogP contribution in [-0.2, 0) is 14.3 Å². The van der Waals surface area contributed by atoms with E-state index in [1.165, 1.54) is 7.11 Å². The standard InChI is InChI=1S/C10H11NO4/c1-5-8(10(13)14)7(4-12)9(15-3)6(2)11-5/h11H,1-3H3,(H,13,14). The largest absolute Gasteiger partial charge is 0.493 e. The number of rotatable bonds is 2. The molecule has 1 heterocycles. The van der Waals surface area contributed by atoms with Crippen molar-refractivity contribution in [1.29, 1.82) is 0 Å². The molecule has 0 aromatic heterocycles. The molecule has 0 spiro atoms. The summed E-state index contributed by atoms with van der Waals surface area (Å²) in [6, 6.07) is 0. The molecule has 0 radical (unpaired) electrons. The summed E-state index contributed by atoms with van der Waals surface area (Å²) < 4.78 is 4.96. The molecule has 1 aliphatic rings. The second-order valence-corrected chi connectivity index (χ2v) is 3.07. The van der Waals surface area contributed by atoms with Crippen molar-refractivity contribution in [2.75, 3.05) is 7.11 Å². The van der Waals surface area contributed by atoms with Crippen LogP contribution in [-0.4, -0.2) is 24.1 Å². The van der Waals surface area contributed by atoms with E-state index in [0.717, 1.165) is 0 Å². The van der Waals surface area contributed by atoms with Gasteiger partial charge in [-0.1, -0.05) is 0 Å². The number of hydrogen-bond acceptors (Lipinski definition) is 4. The van der Waals surface area contributed by atoms with Gasteiger partial charge in [-0.05, 0) is 13.8 Å². The first kappa shape index (κ1) is 11.1. The molecule has 2 N–H and O–H groups in total. The lowest BCUT2D eigenvalue weighted by atomic mass is 9.99. The second kappa shape index (κ2) is 4.02. The van der Waals surface area contributed by atoms with Crippen LogP contribution in [0.2, 0.25) is 0 Å². The molecule has 1 rings (SSSR count). The van der Waals surface area contributed by atoms with E-state index in [-0.39, 0.29) is 16.9 Å². The number of ether oxygens (including phenoxy) is 1. The van der Waals surface area contributed by atoms with Gasteiger partial charge in [0, 0.05) is 5.70 Å². The van der Waals surface area contributed by atoms with Gasteiger partial charge in [-0.15, -0.1) is 0 Å². The summed E-state index contributed by atoms with van der Waals surface area (Å²) in [6.45, 7) is 3.27. The van der Waals surface area contributed by atoms with E-state index < -0.39 is 5.97 Å². The average molecular weight is 209 g/mol. The van der Waals surface area contributed by atoms with Crippen LogP contribution < -0.4 is 5.32 Å². The van der Waals surface area contributed by atoms with Crippen molar-refractivity contribution in [2.24, 2.45) is 0 Å². The summed E-state index contributed by atoms with van der Waals surface area (Å²) in [5, 5.41) is 11.8. The molecule has 1 aliphatic heterocycles. The van der Waals surface area contributed by atoms with Crippen molar-refractivity contribution in [3.05, 3.63) is 28.3 Å². The number of allylic oxidation sites excluding steroid dienone is 3. The van der Waals surface area contributed by atoms with Crippen LogP contribution in [0.15, 0.2) is 28.3 Å². The minimum Gasteiger partial charge on any atom is -0.493 e. The molecule has 0 aromatic rings. The number of carbonyl (C=O) groups excluding carboxylic acids is 1. The minimum atomic E-state index is -1.18.